The van der Waals surface area contributed by atoms with Gasteiger partial charge in [-0.2, -0.15) is 0 Å². The van der Waals surface area contributed by atoms with Crippen LogP contribution in [0.15, 0.2) is 0 Å². The van der Waals surface area contributed by atoms with Gasteiger partial charge in [-0.1, -0.05) is 20.8 Å². The highest BCUT2D eigenvalue weighted by Crippen LogP contribution is 2.24. The molecular formula is C13H26N2O3S. The summed E-state index contributed by atoms with van der Waals surface area (Å²) in [6, 6.07) is -0.193. The first-order valence-electron chi connectivity index (χ1n) is 6.68. The van der Waals surface area contributed by atoms with E-state index in [1.54, 1.807) is 6.92 Å². The van der Waals surface area contributed by atoms with Crippen LogP contribution in [0.3, 0.4) is 0 Å². The molecular weight excluding hydrogens is 264 g/mol. The third-order valence-electron chi connectivity index (χ3n) is 3.27. The molecule has 0 saturated carbocycles. The molecule has 2 atom stereocenters. The molecule has 1 fully saturated rings. The Kier molecular flexibility index (Phi) is 4.67. The Labute approximate surface area is 116 Å². The van der Waals surface area contributed by atoms with Crippen LogP contribution in [0.25, 0.3) is 0 Å². The van der Waals surface area contributed by atoms with Gasteiger partial charge in [0.25, 0.3) is 0 Å². The van der Waals surface area contributed by atoms with Crippen LogP contribution >= 0.6 is 0 Å². The zero-order valence-corrected chi connectivity index (χ0v) is 13.1. The lowest BCUT2D eigenvalue weighted by molar-refractivity contribution is -0.123. The molecule has 112 valence electrons. The van der Waals surface area contributed by atoms with Gasteiger partial charge >= 0.3 is 0 Å². The van der Waals surface area contributed by atoms with Crippen molar-refractivity contribution in [1.82, 2.24) is 5.32 Å². The van der Waals surface area contributed by atoms with Crippen molar-refractivity contribution in [2.45, 2.75) is 58.5 Å². The van der Waals surface area contributed by atoms with Gasteiger partial charge in [0.2, 0.25) is 5.91 Å². The zero-order valence-electron chi connectivity index (χ0n) is 12.3. The number of nitrogens with one attached hydrogen (secondary N) is 1. The van der Waals surface area contributed by atoms with Crippen molar-refractivity contribution in [3.05, 3.63) is 0 Å². The number of amides is 1. The molecule has 2 unspecified atom stereocenters. The van der Waals surface area contributed by atoms with Gasteiger partial charge in [0.1, 0.15) is 0 Å². The van der Waals surface area contributed by atoms with Crippen LogP contribution in [0.1, 0.15) is 47.0 Å². The molecule has 1 rings (SSSR count). The van der Waals surface area contributed by atoms with Crippen molar-refractivity contribution < 1.29 is 13.2 Å². The number of carbonyl (C=O) groups is 1. The van der Waals surface area contributed by atoms with Crippen molar-refractivity contribution in [3.8, 4) is 0 Å². The fraction of sp³-hybridized carbons (Fsp3) is 0.923. The van der Waals surface area contributed by atoms with Crippen molar-refractivity contribution in [3.63, 3.8) is 0 Å². The molecule has 0 aromatic heterocycles. The van der Waals surface area contributed by atoms with E-state index in [-0.39, 0.29) is 35.3 Å². The van der Waals surface area contributed by atoms with E-state index in [2.05, 4.69) is 26.1 Å². The number of carbonyl (C=O) groups excluding carboxylic acids is 1. The summed E-state index contributed by atoms with van der Waals surface area (Å²) in [4.78, 5) is 11.9. The molecule has 0 radical (unpaired) electrons. The standard InChI is InChI=1S/C13H26N2O3S/c1-12(2,3)8-10(14)7-11(16)15-13(4)5-6-19(17,18)9-13/h10H,5-9,14H2,1-4H3,(H,15,16). The Bertz CT molecular complexity index is 439. The van der Waals surface area contributed by atoms with E-state index in [9.17, 15) is 13.2 Å². The van der Waals surface area contributed by atoms with Crippen LogP contribution in [0.4, 0.5) is 0 Å². The van der Waals surface area contributed by atoms with Crippen molar-refractivity contribution in [1.29, 1.82) is 0 Å². The van der Waals surface area contributed by atoms with Gasteiger partial charge in [0.15, 0.2) is 9.84 Å². The molecule has 1 saturated heterocycles. The number of hydrogen-bond acceptors (Lipinski definition) is 4. The summed E-state index contributed by atoms with van der Waals surface area (Å²) in [7, 11) is -3.00. The van der Waals surface area contributed by atoms with Crippen LogP contribution < -0.4 is 11.1 Å². The van der Waals surface area contributed by atoms with E-state index in [1.807, 2.05) is 0 Å². The van der Waals surface area contributed by atoms with E-state index in [0.717, 1.165) is 6.42 Å². The lowest BCUT2D eigenvalue weighted by atomic mass is 9.87. The van der Waals surface area contributed by atoms with Crippen molar-refractivity contribution in [2.75, 3.05) is 11.5 Å². The summed E-state index contributed by atoms with van der Waals surface area (Å²) in [5.41, 5.74) is 5.41. The van der Waals surface area contributed by atoms with Crippen molar-refractivity contribution in [2.24, 2.45) is 11.1 Å². The second-order valence-electron chi connectivity index (χ2n) is 7.18. The van der Waals surface area contributed by atoms with E-state index in [0.29, 0.717) is 6.42 Å². The molecule has 0 aromatic rings. The average molecular weight is 290 g/mol. The summed E-state index contributed by atoms with van der Waals surface area (Å²) in [6.45, 7) is 8.02. The Hall–Kier alpha value is -0.620. The van der Waals surface area contributed by atoms with Gasteiger partial charge in [-0.3, -0.25) is 4.79 Å². The highest BCUT2D eigenvalue weighted by molar-refractivity contribution is 7.91. The van der Waals surface area contributed by atoms with Crippen LogP contribution in [0.2, 0.25) is 0 Å². The Morgan fingerprint density at radius 1 is 1.42 bits per heavy atom. The molecule has 1 aliphatic rings. The molecule has 6 heteroatoms. The lowest BCUT2D eigenvalue weighted by Gasteiger charge is -2.26. The maximum Gasteiger partial charge on any atom is 0.222 e. The highest BCUT2D eigenvalue weighted by atomic mass is 32.2. The molecule has 19 heavy (non-hydrogen) atoms. The average Bonchev–Trinajstić information content (AvgIpc) is 2.35. The molecule has 3 N–H and O–H groups in total. The zero-order chi connectivity index (χ0) is 14.9. The van der Waals surface area contributed by atoms with Crippen LogP contribution in [-0.4, -0.2) is 37.4 Å². The fourth-order valence-corrected chi connectivity index (χ4v) is 4.69. The summed E-state index contributed by atoms with van der Waals surface area (Å²) < 4.78 is 22.9. The van der Waals surface area contributed by atoms with Gasteiger partial charge in [-0.25, -0.2) is 8.42 Å². The molecule has 0 spiro atoms. The first-order valence-corrected chi connectivity index (χ1v) is 8.50. The SMILES string of the molecule is CC(C)(C)CC(N)CC(=O)NC1(C)CCS(=O)(=O)C1. The lowest BCUT2D eigenvalue weighted by Crippen LogP contribution is -2.48. The van der Waals surface area contributed by atoms with Gasteiger partial charge in [0.05, 0.1) is 17.0 Å². The maximum atomic E-state index is 11.9. The first-order chi connectivity index (χ1) is 8.41. The largest absolute Gasteiger partial charge is 0.350 e. The summed E-state index contributed by atoms with van der Waals surface area (Å²) >= 11 is 0. The Balaban J connectivity index is 2.48. The maximum absolute atomic E-state index is 11.9. The Morgan fingerprint density at radius 3 is 2.42 bits per heavy atom. The topological polar surface area (TPSA) is 89.3 Å². The number of sulfone groups is 1. The van der Waals surface area contributed by atoms with Gasteiger partial charge in [-0.15, -0.1) is 0 Å². The predicted octanol–water partition coefficient (Wildman–Crippen LogP) is 0.833. The minimum Gasteiger partial charge on any atom is -0.350 e. The van der Waals surface area contributed by atoms with Gasteiger partial charge < -0.3 is 11.1 Å². The normalized spacial score (nSPS) is 28.1. The minimum atomic E-state index is -3.00. The van der Waals surface area contributed by atoms with Crippen LogP contribution in [-0.2, 0) is 14.6 Å². The fourth-order valence-electron chi connectivity index (χ4n) is 2.59. The van der Waals surface area contributed by atoms with Crippen LogP contribution in [0.5, 0.6) is 0 Å². The number of rotatable bonds is 4. The summed E-state index contributed by atoms with van der Waals surface area (Å²) in [5, 5.41) is 2.83. The van der Waals surface area contributed by atoms with E-state index in [4.69, 9.17) is 5.73 Å². The van der Waals surface area contributed by atoms with E-state index < -0.39 is 15.4 Å². The molecule has 1 amide bonds. The number of nitrogens with two attached hydrogens (primary N) is 1. The molecule has 1 heterocycles. The first kappa shape index (κ1) is 16.4. The monoisotopic (exact) mass is 290 g/mol. The quantitative estimate of drug-likeness (QED) is 0.802. The summed E-state index contributed by atoms with van der Waals surface area (Å²) in [5.74, 6) is 0.0225. The second-order valence-corrected chi connectivity index (χ2v) is 9.36. The highest BCUT2D eigenvalue weighted by Gasteiger charge is 2.39. The predicted molar refractivity (Wildman–Crippen MR) is 76.5 cm³/mol. The summed E-state index contributed by atoms with van der Waals surface area (Å²) in [6.07, 6.45) is 1.48. The molecule has 0 aliphatic carbocycles. The smallest absolute Gasteiger partial charge is 0.222 e. The third kappa shape index (κ3) is 5.91. The van der Waals surface area contributed by atoms with E-state index in [1.165, 1.54) is 0 Å². The number of hydrogen-bond donors (Lipinski definition) is 2. The van der Waals surface area contributed by atoms with Crippen molar-refractivity contribution >= 4 is 15.7 Å². The molecule has 5 nitrogen and oxygen atoms in total. The van der Waals surface area contributed by atoms with Gasteiger partial charge in [-0.05, 0) is 25.2 Å². The third-order valence-corrected chi connectivity index (χ3v) is 5.17. The molecule has 1 aliphatic heterocycles. The molecule has 0 aromatic carbocycles. The second kappa shape index (κ2) is 5.40. The van der Waals surface area contributed by atoms with Gasteiger partial charge in [0, 0.05) is 12.5 Å². The minimum absolute atomic E-state index is 0.0280. The van der Waals surface area contributed by atoms with E-state index >= 15 is 0 Å². The Morgan fingerprint density at radius 2 is 2.00 bits per heavy atom. The van der Waals surface area contributed by atoms with Crippen LogP contribution in [0, 0.1) is 5.41 Å². The molecule has 0 bridgehead atoms.